The maximum atomic E-state index is 13.8. The van der Waals surface area contributed by atoms with Crippen LogP contribution in [0.25, 0.3) is 0 Å². The van der Waals surface area contributed by atoms with Crippen LogP contribution in [0.5, 0.6) is 0 Å². The monoisotopic (exact) mass is 408 g/mol. The highest BCUT2D eigenvalue weighted by Crippen LogP contribution is 2.24. The molecule has 7 heteroatoms. The number of nitrogens with zero attached hydrogens (tertiary/aromatic N) is 1. The minimum Gasteiger partial charge on any atom is -0.228 e. The standard InChI is InChI=1S/C20H28N2O3S2/c1-6-20(5,7-2)21-26(23,18-12-8-16(3)9-13-18)22-27(24,25)19-14-10-17(4)11-15-19/h8-15H,6-7H2,1-5H3,(H,21,22,23). The molecule has 0 heterocycles. The van der Waals surface area contributed by atoms with Gasteiger partial charge in [-0.2, -0.15) is 8.42 Å². The lowest BCUT2D eigenvalue weighted by molar-refractivity contribution is 0.397. The Hall–Kier alpha value is -1.70. The molecule has 1 atom stereocenters. The fourth-order valence-electron chi connectivity index (χ4n) is 2.46. The Bertz CT molecular complexity index is 998. The van der Waals surface area contributed by atoms with E-state index in [0.29, 0.717) is 17.7 Å². The van der Waals surface area contributed by atoms with Crippen molar-refractivity contribution in [3.63, 3.8) is 0 Å². The van der Waals surface area contributed by atoms with E-state index in [2.05, 4.69) is 8.49 Å². The number of hydrogen-bond donors (Lipinski definition) is 1. The smallest absolute Gasteiger partial charge is 0.228 e. The second-order valence-electron chi connectivity index (χ2n) is 7.07. The molecule has 27 heavy (non-hydrogen) atoms. The van der Waals surface area contributed by atoms with Crippen LogP contribution in [-0.2, 0) is 19.9 Å². The van der Waals surface area contributed by atoms with Crippen molar-refractivity contribution in [2.75, 3.05) is 0 Å². The fraction of sp³-hybridized carbons (Fsp3) is 0.400. The topological polar surface area (TPSA) is 75.6 Å². The van der Waals surface area contributed by atoms with Crippen LogP contribution >= 0.6 is 0 Å². The van der Waals surface area contributed by atoms with Gasteiger partial charge in [-0.1, -0.05) is 53.0 Å². The van der Waals surface area contributed by atoms with Gasteiger partial charge in [0.05, 0.1) is 9.79 Å². The summed E-state index contributed by atoms with van der Waals surface area (Å²) in [6, 6.07) is 13.3. The summed E-state index contributed by atoms with van der Waals surface area (Å²) in [5.74, 6) is 0. The van der Waals surface area contributed by atoms with E-state index >= 15 is 0 Å². The molecule has 148 valence electrons. The van der Waals surface area contributed by atoms with Gasteiger partial charge in [0.25, 0.3) is 10.0 Å². The second kappa shape index (κ2) is 8.12. The average molecular weight is 409 g/mol. The predicted molar refractivity (Wildman–Crippen MR) is 111 cm³/mol. The molecule has 2 aromatic rings. The summed E-state index contributed by atoms with van der Waals surface area (Å²) in [6.07, 6.45) is 1.37. The third-order valence-electron chi connectivity index (χ3n) is 4.81. The quantitative estimate of drug-likeness (QED) is 0.727. The van der Waals surface area contributed by atoms with Crippen molar-refractivity contribution in [3.8, 4) is 0 Å². The van der Waals surface area contributed by atoms with Crippen LogP contribution in [0.4, 0.5) is 0 Å². The van der Waals surface area contributed by atoms with Gasteiger partial charge in [-0.25, -0.2) is 8.93 Å². The lowest BCUT2D eigenvalue weighted by Gasteiger charge is -2.30. The molecule has 0 spiro atoms. The van der Waals surface area contributed by atoms with Crippen LogP contribution in [0.3, 0.4) is 0 Å². The zero-order valence-corrected chi connectivity index (χ0v) is 18.2. The van der Waals surface area contributed by atoms with Crippen LogP contribution in [0.1, 0.15) is 44.7 Å². The van der Waals surface area contributed by atoms with Gasteiger partial charge in [0, 0.05) is 5.54 Å². The van der Waals surface area contributed by atoms with Gasteiger partial charge >= 0.3 is 0 Å². The van der Waals surface area contributed by atoms with Gasteiger partial charge in [-0.15, -0.1) is 0 Å². The zero-order chi connectivity index (χ0) is 20.3. The van der Waals surface area contributed by atoms with Gasteiger partial charge in [0.1, 0.15) is 0 Å². The third-order valence-corrected chi connectivity index (χ3v) is 8.98. The molecule has 0 aliphatic heterocycles. The first-order valence-electron chi connectivity index (χ1n) is 8.99. The van der Waals surface area contributed by atoms with Gasteiger partial charge in [-0.3, -0.25) is 0 Å². The normalized spacial score (nSPS) is 14.6. The van der Waals surface area contributed by atoms with Crippen molar-refractivity contribution in [3.05, 3.63) is 59.7 Å². The van der Waals surface area contributed by atoms with Crippen molar-refractivity contribution >= 4 is 19.9 Å². The van der Waals surface area contributed by atoms with E-state index in [4.69, 9.17) is 0 Å². The van der Waals surface area contributed by atoms with Crippen molar-refractivity contribution in [1.29, 1.82) is 0 Å². The molecule has 1 N–H and O–H groups in total. The minimum absolute atomic E-state index is 0.0319. The minimum atomic E-state index is -4.09. The summed E-state index contributed by atoms with van der Waals surface area (Å²) in [6.45, 7) is 9.66. The van der Waals surface area contributed by atoms with Gasteiger partial charge in [0.15, 0.2) is 9.92 Å². The second-order valence-corrected chi connectivity index (χ2v) is 10.8. The first-order valence-corrected chi connectivity index (χ1v) is 11.9. The molecule has 0 saturated carbocycles. The number of nitrogens with one attached hydrogen (secondary N) is 1. The van der Waals surface area contributed by atoms with Crippen molar-refractivity contribution in [2.24, 2.45) is 3.77 Å². The fourth-order valence-corrected chi connectivity index (χ4v) is 6.47. The highest BCUT2D eigenvalue weighted by Gasteiger charge is 2.29. The van der Waals surface area contributed by atoms with Crippen molar-refractivity contribution < 1.29 is 12.6 Å². The van der Waals surface area contributed by atoms with E-state index in [0.717, 1.165) is 11.1 Å². The summed E-state index contributed by atoms with van der Waals surface area (Å²) >= 11 is 0. The van der Waals surface area contributed by atoms with Gasteiger partial charge in [-0.05, 0) is 57.9 Å². The van der Waals surface area contributed by atoms with Crippen molar-refractivity contribution in [1.82, 2.24) is 4.72 Å². The lowest BCUT2D eigenvalue weighted by Crippen LogP contribution is -2.45. The molecule has 5 nitrogen and oxygen atoms in total. The predicted octanol–water partition coefficient (Wildman–Crippen LogP) is 4.60. The molecule has 2 rings (SSSR count). The molecule has 2 aromatic carbocycles. The molecule has 0 bridgehead atoms. The van der Waals surface area contributed by atoms with Gasteiger partial charge in [0.2, 0.25) is 0 Å². The summed E-state index contributed by atoms with van der Waals surface area (Å²) < 4.78 is 46.6. The van der Waals surface area contributed by atoms with Crippen LogP contribution in [0.2, 0.25) is 0 Å². The SMILES string of the molecule is CCC(C)(CC)NS(=O)(=NS(=O)(=O)c1ccc(C)cc1)c1ccc(C)cc1. The first-order chi connectivity index (χ1) is 12.5. The van der Waals surface area contributed by atoms with E-state index in [1.807, 2.05) is 34.6 Å². The molecule has 1 unspecified atom stereocenters. The summed E-state index contributed by atoms with van der Waals surface area (Å²) in [5.41, 5.74) is 1.43. The summed E-state index contributed by atoms with van der Waals surface area (Å²) in [7, 11) is -7.49. The van der Waals surface area contributed by atoms with Crippen LogP contribution in [0, 0.1) is 13.8 Å². The number of sulfonamides is 1. The van der Waals surface area contributed by atoms with E-state index in [1.165, 1.54) is 12.1 Å². The third kappa shape index (κ3) is 5.18. The lowest BCUT2D eigenvalue weighted by atomic mass is 9.98. The van der Waals surface area contributed by atoms with E-state index < -0.39 is 25.5 Å². The first kappa shape index (κ1) is 21.6. The summed E-state index contributed by atoms with van der Waals surface area (Å²) in [5, 5.41) is 0. The molecule has 0 aliphatic carbocycles. The maximum absolute atomic E-state index is 13.8. The molecular weight excluding hydrogens is 380 g/mol. The Morgan fingerprint density at radius 2 is 1.22 bits per heavy atom. The zero-order valence-electron chi connectivity index (χ0n) is 16.5. The van der Waals surface area contributed by atoms with Gasteiger partial charge < -0.3 is 0 Å². The number of aryl methyl sites for hydroxylation is 2. The Balaban J connectivity index is 2.68. The molecule has 0 saturated heterocycles. The number of rotatable bonds is 7. The largest absolute Gasteiger partial charge is 0.291 e. The average Bonchev–Trinajstić information content (AvgIpc) is 2.62. The molecule has 0 fully saturated rings. The van der Waals surface area contributed by atoms with E-state index in [9.17, 15) is 12.6 Å². The van der Waals surface area contributed by atoms with Crippen LogP contribution < -0.4 is 4.72 Å². The van der Waals surface area contributed by atoms with Crippen LogP contribution in [-0.4, -0.2) is 18.2 Å². The molecule has 0 aliphatic rings. The highest BCUT2D eigenvalue weighted by atomic mass is 32.3. The van der Waals surface area contributed by atoms with Crippen molar-refractivity contribution in [2.45, 2.75) is 62.8 Å². The van der Waals surface area contributed by atoms with Crippen LogP contribution in [0.15, 0.2) is 62.1 Å². The molecular formula is C20H28N2O3S2. The molecule has 0 aromatic heterocycles. The Morgan fingerprint density at radius 1 is 0.815 bits per heavy atom. The Morgan fingerprint density at radius 3 is 1.63 bits per heavy atom. The Kier molecular flexibility index (Phi) is 6.50. The number of benzene rings is 2. The highest BCUT2D eigenvalue weighted by molar-refractivity contribution is 8.02. The molecule has 0 radical (unpaired) electrons. The summed E-state index contributed by atoms with van der Waals surface area (Å²) in [4.78, 5) is 0.390. The van der Waals surface area contributed by atoms with E-state index in [1.54, 1.807) is 36.4 Å². The van der Waals surface area contributed by atoms with E-state index in [-0.39, 0.29) is 4.90 Å². The Labute approximate surface area is 163 Å². The molecule has 0 amide bonds. The number of hydrogen-bond acceptors (Lipinski definition) is 3. The maximum Gasteiger partial charge on any atom is 0.291 e.